The van der Waals surface area contributed by atoms with Crippen LogP contribution in [-0.4, -0.2) is 38.5 Å². The first-order valence-corrected chi connectivity index (χ1v) is 4.92. The molecule has 2 atom stereocenters. The molecule has 1 heterocycles. The molecule has 0 aromatic rings. The maximum atomic E-state index is 10.9. The summed E-state index contributed by atoms with van der Waals surface area (Å²) in [6, 6.07) is -0.697. The van der Waals surface area contributed by atoms with Crippen molar-refractivity contribution in [3.63, 3.8) is 0 Å². The normalized spacial score (nSPS) is 31.8. The van der Waals surface area contributed by atoms with Gasteiger partial charge < -0.3 is 10.0 Å². The molecule has 1 saturated heterocycles. The molecule has 0 unspecified atom stereocenters. The third-order valence-corrected chi connectivity index (χ3v) is 3.62. The van der Waals surface area contributed by atoms with Gasteiger partial charge in [0, 0.05) is 5.25 Å². The van der Waals surface area contributed by atoms with Gasteiger partial charge in [-0.05, 0) is 13.8 Å². The number of nitrogens with zero attached hydrogens (tertiary/aromatic N) is 1. The van der Waals surface area contributed by atoms with Crippen molar-refractivity contribution in [2.24, 2.45) is 0 Å². The second-order valence-corrected chi connectivity index (χ2v) is 5.54. The summed E-state index contributed by atoms with van der Waals surface area (Å²) in [6.07, 6.45) is 0.620. The Morgan fingerprint density at radius 2 is 2.15 bits per heavy atom. The van der Waals surface area contributed by atoms with Crippen LogP contribution in [0.15, 0.2) is 0 Å². The van der Waals surface area contributed by atoms with Gasteiger partial charge in [-0.3, -0.25) is 4.79 Å². The lowest BCUT2D eigenvalue weighted by molar-refractivity contribution is -0.147. The molecule has 4 nitrogen and oxygen atoms in total. The molecule has 1 aliphatic rings. The van der Waals surface area contributed by atoms with Crippen LogP contribution in [0, 0.1) is 0 Å². The largest absolute Gasteiger partial charge is 0.480 e. The Kier molecular flexibility index (Phi) is 2.56. The van der Waals surface area contributed by atoms with Crippen molar-refractivity contribution in [1.29, 1.82) is 0 Å². The van der Waals surface area contributed by atoms with Crippen LogP contribution in [0.1, 0.15) is 20.8 Å². The number of aliphatic carboxylic acids is 1. The molecule has 0 radical (unpaired) electrons. The van der Waals surface area contributed by atoms with Crippen LogP contribution in [-0.2, 0) is 9.59 Å². The minimum absolute atomic E-state index is 0.0577. The second kappa shape index (κ2) is 3.21. The molecule has 1 amide bonds. The summed E-state index contributed by atoms with van der Waals surface area (Å²) in [6.45, 7) is 5.53. The summed E-state index contributed by atoms with van der Waals surface area (Å²) in [4.78, 5) is 22.5. The van der Waals surface area contributed by atoms with Gasteiger partial charge in [-0.1, -0.05) is 6.92 Å². The van der Waals surface area contributed by atoms with Crippen molar-refractivity contribution in [2.45, 2.75) is 36.9 Å². The first kappa shape index (κ1) is 10.4. The standard InChI is InChI=1S/C8H13NO3S/c1-5-6(7(11)12)9(4-10)8(2,3)13-5/h4-6H,1-3H3,(H,11,12)/t5-,6+/m1/s1. The minimum atomic E-state index is -0.933. The number of carbonyl (C=O) groups excluding carboxylic acids is 1. The average molecular weight is 203 g/mol. The van der Waals surface area contributed by atoms with Crippen molar-refractivity contribution >= 4 is 24.1 Å². The van der Waals surface area contributed by atoms with E-state index in [1.807, 2.05) is 20.8 Å². The summed E-state index contributed by atoms with van der Waals surface area (Å²) in [5, 5.41) is 8.85. The van der Waals surface area contributed by atoms with Gasteiger partial charge >= 0.3 is 5.97 Å². The zero-order valence-electron chi connectivity index (χ0n) is 7.85. The van der Waals surface area contributed by atoms with E-state index in [9.17, 15) is 9.59 Å². The van der Waals surface area contributed by atoms with E-state index in [0.29, 0.717) is 6.41 Å². The lowest BCUT2D eigenvalue weighted by Crippen LogP contribution is -2.46. The van der Waals surface area contributed by atoms with E-state index in [2.05, 4.69) is 0 Å². The maximum absolute atomic E-state index is 10.9. The number of carboxylic acids is 1. The number of hydrogen-bond donors (Lipinski definition) is 1. The SMILES string of the molecule is C[C@H]1SC(C)(C)N(C=O)[C@@H]1C(=O)O. The molecule has 0 bridgehead atoms. The van der Waals surface area contributed by atoms with Gasteiger partial charge in [0.1, 0.15) is 6.04 Å². The second-order valence-electron chi connectivity index (χ2n) is 3.57. The van der Waals surface area contributed by atoms with Gasteiger partial charge in [-0.15, -0.1) is 11.8 Å². The molecule has 1 N–H and O–H groups in total. The van der Waals surface area contributed by atoms with Crippen molar-refractivity contribution in [1.82, 2.24) is 4.90 Å². The van der Waals surface area contributed by atoms with E-state index in [-0.39, 0.29) is 5.25 Å². The van der Waals surface area contributed by atoms with Crippen LogP contribution in [0.5, 0.6) is 0 Å². The van der Waals surface area contributed by atoms with Crippen LogP contribution in [0.2, 0.25) is 0 Å². The lowest BCUT2D eigenvalue weighted by Gasteiger charge is -2.28. The fourth-order valence-electron chi connectivity index (χ4n) is 1.65. The van der Waals surface area contributed by atoms with Crippen molar-refractivity contribution in [2.75, 3.05) is 0 Å². The highest BCUT2D eigenvalue weighted by Crippen LogP contribution is 2.42. The Labute approximate surface area is 81.3 Å². The fraction of sp³-hybridized carbons (Fsp3) is 0.750. The number of thioether (sulfide) groups is 1. The number of carboxylic acid groups (broad SMARTS) is 1. The first-order valence-electron chi connectivity index (χ1n) is 4.04. The van der Waals surface area contributed by atoms with E-state index >= 15 is 0 Å². The summed E-state index contributed by atoms with van der Waals surface area (Å²) in [5.74, 6) is -0.933. The summed E-state index contributed by atoms with van der Waals surface area (Å²) in [7, 11) is 0. The Morgan fingerprint density at radius 3 is 2.46 bits per heavy atom. The van der Waals surface area contributed by atoms with E-state index < -0.39 is 16.9 Å². The van der Waals surface area contributed by atoms with Gasteiger partial charge in [-0.2, -0.15) is 0 Å². The quantitative estimate of drug-likeness (QED) is 0.673. The van der Waals surface area contributed by atoms with Gasteiger partial charge in [0.15, 0.2) is 0 Å². The van der Waals surface area contributed by atoms with Crippen LogP contribution >= 0.6 is 11.8 Å². The Hall–Kier alpha value is -0.710. The molecule has 5 heteroatoms. The zero-order chi connectivity index (χ0) is 10.2. The fourth-order valence-corrected chi connectivity index (χ4v) is 3.22. The molecule has 0 saturated carbocycles. The first-order chi connectivity index (χ1) is 5.90. The Balaban J connectivity index is 2.96. The zero-order valence-corrected chi connectivity index (χ0v) is 8.67. The molecule has 0 aromatic carbocycles. The van der Waals surface area contributed by atoms with Gasteiger partial charge in [0.2, 0.25) is 6.41 Å². The predicted octanol–water partition coefficient (Wildman–Crippen LogP) is 0.769. The monoisotopic (exact) mass is 203 g/mol. The van der Waals surface area contributed by atoms with Crippen molar-refractivity contribution < 1.29 is 14.7 Å². The summed E-state index contributed by atoms with van der Waals surface area (Å²) < 4.78 is 0. The molecule has 0 aliphatic carbocycles. The highest BCUT2D eigenvalue weighted by molar-refractivity contribution is 8.01. The van der Waals surface area contributed by atoms with Crippen LogP contribution in [0.4, 0.5) is 0 Å². The third kappa shape index (κ3) is 1.65. The molecule has 13 heavy (non-hydrogen) atoms. The van der Waals surface area contributed by atoms with Crippen LogP contribution in [0.25, 0.3) is 0 Å². The number of amides is 1. The van der Waals surface area contributed by atoms with Gasteiger partial charge in [-0.25, -0.2) is 4.79 Å². The van der Waals surface area contributed by atoms with Gasteiger partial charge in [0.05, 0.1) is 4.87 Å². The molecule has 1 rings (SSSR count). The Bertz CT molecular complexity index is 242. The van der Waals surface area contributed by atoms with E-state index in [4.69, 9.17) is 5.11 Å². The molecule has 1 aliphatic heterocycles. The lowest BCUT2D eigenvalue weighted by atomic mass is 10.1. The molecular formula is C8H13NO3S. The van der Waals surface area contributed by atoms with Crippen LogP contribution < -0.4 is 0 Å². The van der Waals surface area contributed by atoms with E-state index in [1.165, 1.54) is 16.7 Å². The Morgan fingerprint density at radius 1 is 1.62 bits per heavy atom. The van der Waals surface area contributed by atoms with Gasteiger partial charge in [0.25, 0.3) is 0 Å². The highest BCUT2D eigenvalue weighted by atomic mass is 32.2. The van der Waals surface area contributed by atoms with E-state index in [1.54, 1.807) is 0 Å². The third-order valence-electron chi connectivity index (χ3n) is 2.21. The smallest absolute Gasteiger partial charge is 0.327 e. The minimum Gasteiger partial charge on any atom is -0.480 e. The van der Waals surface area contributed by atoms with Crippen molar-refractivity contribution in [3.05, 3.63) is 0 Å². The number of carbonyl (C=O) groups is 2. The topological polar surface area (TPSA) is 57.6 Å². The highest BCUT2D eigenvalue weighted by Gasteiger charge is 2.47. The molecule has 0 spiro atoms. The van der Waals surface area contributed by atoms with Crippen molar-refractivity contribution in [3.8, 4) is 0 Å². The van der Waals surface area contributed by atoms with Crippen LogP contribution in [0.3, 0.4) is 0 Å². The number of hydrogen-bond acceptors (Lipinski definition) is 3. The summed E-state index contributed by atoms with van der Waals surface area (Å²) >= 11 is 1.51. The summed E-state index contributed by atoms with van der Waals surface area (Å²) in [5.41, 5.74) is 0. The predicted molar refractivity (Wildman–Crippen MR) is 50.5 cm³/mol. The molecule has 1 fully saturated rings. The molecular weight excluding hydrogens is 190 g/mol. The number of rotatable bonds is 2. The molecule has 0 aromatic heterocycles. The maximum Gasteiger partial charge on any atom is 0.327 e. The van der Waals surface area contributed by atoms with E-state index in [0.717, 1.165) is 0 Å². The average Bonchev–Trinajstić information content (AvgIpc) is 2.18. The molecule has 74 valence electrons.